The van der Waals surface area contributed by atoms with Gasteiger partial charge >= 0.3 is 0 Å². The first-order valence-electron chi connectivity index (χ1n) is 8.97. The molecule has 0 bridgehead atoms. The number of hydrogen-bond donors (Lipinski definition) is 4. The molecular weight excluding hydrogens is 450 g/mol. The minimum absolute atomic E-state index is 0.106. The molecule has 13 heteroatoms. The summed E-state index contributed by atoms with van der Waals surface area (Å²) in [5.74, 6) is 1.52. The van der Waals surface area contributed by atoms with Crippen LogP contribution in [0.4, 0.5) is 5.69 Å². The summed E-state index contributed by atoms with van der Waals surface area (Å²) in [5.41, 5.74) is 1.13. The van der Waals surface area contributed by atoms with Gasteiger partial charge in [-0.05, 0) is 38.4 Å². The molecule has 0 spiro atoms. The molecule has 1 aliphatic rings. The molecule has 0 fully saturated rings. The highest BCUT2D eigenvalue weighted by molar-refractivity contribution is 7.91. The summed E-state index contributed by atoms with van der Waals surface area (Å²) in [6, 6.07) is 1.66. The second kappa shape index (κ2) is 8.49. The molecule has 3 heterocycles. The average Bonchev–Trinajstić information content (AvgIpc) is 3.31. The largest absolute Gasteiger partial charge is 0.504 e. The average molecular weight is 474 g/mol. The van der Waals surface area contributed by atoms with E-state index >= 15 is 0 Å². The topological polar surface area (TPSA) is 145 Å². The maximum absolute atomic E-state index is 12.0. The van der Waals surface area contributed by atoms with Crippen molar-refractivity contribution in [3.63, 3.8) is 0 Å². The predicted molar refractivity (Wildman–Crippen MR) is 118 cm³/mol. The van der Waals surface area contributed by atoms with E-state index in [1.165, 1.54) is 12.4 Å². The zero-order valence-electron chi connectivity index (χ0n) is 17.0. The summed E-state index contributed by atoms with van der Waals surface area (Å²) in [6.45, 7) is 7.83. The van der Waals surface area contributed by atoms with Gasteiger partial charge in [0.2, 0.25) is 0 Å². The normalized spacial score (nSPS) is 17.7. The van der Waals surface area contributed by atoms with Gasteiger partial charge < -0.3 is 20.2 Å². The zero-order valence-corrected chi connectivity index (χ0v) is 19.5. The smallest absolute Gasteiger partial charge is 0.269 e. The number of nitrogens with zero attached hydrogens (tertiary/aromatic N) is 2. The molecule has 0 aromatic carbocycles. The first-order valence-corrected chi connectivity index (χ1v) is 12.4. The molecule has 10 nitrogen and oxygen atoms in total. The maximum atomic E-state index is 12.0. The van der Waals surface area contributed by atoms with E-state index in [2.05, 4.69) is 24.2 Å². The predicted octanol–water partition coefficient (Wildman–Crippen LogP) is 2.36. The molecule has 1 aliphatic heterocycles. The monoisotopic (exact) mass is 473 g/mol. The number of nitrogens with one attached hydrogen (secondary N) is 3. The fraction of sp³-hybridized carbons (Fsp3) is 0.412. The number of aromatic hydroxyl groups is 1. The molecule has 2 aromatic heterocycles. The molecule has 0 saturated heterocycles. The van der Waals surface area contributed by atoms with Crippen molar-refractivity contribution in [3.8, 4) is 5.75 Å². The molecule has 0 radical (unpaired) electrons. The van der Waals surface area contributed by atoms with E-state index in [-0.39, 0.29) is 33.5 Å². The highest BCUT2D eigenvalue weighted by Gasteiger charge is 2.29. The molecular formula is C17H23N5O5S3. The van der Waals surface area contributed by atoms with Gasteiger partial charge in [-0.1, -0.05) is 13.8 Å². The molecule has 3 rings (SSSR count). The summed E-state index contributed by atoms with van der Waals surface area (Å²) in [5, 5.41) is 17.8. The van der Waals surface area contributed by atoms with Crippen molar-refractivity contribution < 1.29 is 22.2 Å². The van der Waals surface area contributed by atoms with E-state index < -0.39 is 26.9 Å². The van der Waals surface area contributed by atoms with E-state index in [0.717, 1.165) is 22.7 Å². The van der Waals surface area contributed by atoms with Gasteiger partial charge in [-0.2, -0.15) is 0 Å². The Labute approximate surface area is 181 Å². The Balaban J connectivity index is 1.86. The number of hydrogen-bond acceptors (Lipinski definition) is 8. The Bertz CT molecular complexity index is 1130. The lowest BCUT2D eigenvalue weighted by Gasteiger charge is -2.21. The van der Waals surface area contributed by atoms with Crippen molar-refractivity contribution in [2.75, 3.05) is 12.4 Å². The number of amidine groups is 2. The van der Waals surface area contributed by atoms with Gasteiger partial charge in [-0.25, -0.2) is 17.3 Å². The molecule has 2 unspecified atom stereocenters. The molecule has 0 aliphatic carbocycles. The van der Waals surface area contributed by atoms with Crippen LogP contribution in [0, 0.1) is 19.8 Å². The Hall–Kier alpha value is -2.22. The van der Waals surface area contributed by atoms with Crippen LogP contribution in [-0.4, -0.2) is 36.5 Å². The lowest BCUT2D eigenvalue weighted by atomic mass is 10.0. The van der Waals surface area contributed by atoms with Crippen molar-refractivity contribution in [1.82, 2.24) is 10.0 Å². The van der Waals surface area contributed by atoms with E-state index in [1.54, 1.807) is 0 Å². The molecule has 0 amide bonds. The van der Waals surface area contributed by atoms with E-state index in [4.69, 9.17) is 4.42 Å². The van der Waals surface area contributed by atoms with E-state index in [0.29, 0.717) is 5.76 Å². The second-order valence-electron chi connectivity index (χ2n) is 6.98. The lowest BCUT2D eigenvalue weighted by molar-refractivity contribution is 0.369. The zero-order chi connectivity index (χ0) is 22.2. The first kappa shape index (κ1) is 22.5. The van der Waals surface area contributed by atoms with Gasteiger partial charge in [0.15, 0.2) is 21.6 Å². The quantitative estimate of drug-likeness (QED) is 0.504. The highest BCUT2D eigenvalue weighted by Crippen LogP contribution is 2.37. The van der Waals surface area contributed by atoms with Gasteiger partial charge in [-0.3, -0.25) is 0 Å². The summed E-state index contributed by atoms with van der Waals surface area (Å²) in [7, 11) is -2.56. The molecule has 2 atom stereocenters. The van der Waals surface area contributed by atoms with Crippen LogP contribution in [0.2, 0.25) is 0 Å². The fourth-order valence-electron chi connectivity index (χ4n) is 2.74. The fourth-order valence-corrected chi connectivity index (χ4v) is 5.43. The van der Waals surface area contributed by atoms with Crippen LogP contribution in [-0.2, 0) is 21.2 Å². The lowest BCUT2D eigenvalue weighted by Crippen LogP contribution is -2.38. The van der Waals surface area contributed by atoms with E-state index in [1.807, 2.05) is 33.8 Å². The molecule has 0 saturated carbocycles. The van der Waals surface area contributed by atoms with Gasteiger partial charge in [0.25, 0.3) is 21.2 Å². The van der Waals surface area contributed by atoms with Crippen LogP contribution < -0.4 is 15.4 Å². The van der Waals surface area contributed by atoms with Crippen molar-refractivity contribution in [1.29, 1.82) is 0 Å². The van der Waals surface area contributed by atoms with Gasteiger partial charge in [0.05, 0.1) is 11.7 Å². The Morgan fingerprint density at radius 3 is 2.47 bits per heavy atom. The standard InChI is InChI=1S/C17H23N5O5S3/c1-8(2)13(12-6-9(3)10(4)27-12)20-16-15(21-29(24)22-16)19-11-7-28-17(14(11)23)30(25,26)18-5/h6-8,13,18,23H,1-5H3,(H,19,21)(H,20,22). The number of thiophene rings is 1. The van der Waals surface area contributed by atoms with Crippen molar-refractivity contribution in [2.24, 2.45) is 14.7 Å². The summed E-state index contributed by atoms with van der Waals surface area (Å²) < 4.78 is 51.6. The molecule has 30 heavy (non-hydrogen) atoms. The SMILES string of the molecule is CNS(=O)(=O)c1scc(NC2=NS(=O)N=C2NC(c2cc(C)c(C)o2)C(C)C)c1O. The Kier molecular flexibility index (Phi) is 6.36. The van der Waals surface area contributed by atoms with Crippen molar-refractivity contribution in [3.05, 3.63) is 28.5 Å². The third-order valence-corrected chi connectivity index (χ3v) is 8.12. The van der Waals surface area contributed by atoms with Crippen LogP contribution in [0.25, 0.3) is 0 Å². The summed E-state index contributed by atoms with van der Waals surface area (Å²) in [6.07, 6.45) is 0. The Morgan fingerprint density at radius 2 is 1.90 bits per heavy atom. The first-order chi connectivity index (χ1) is 14.0. The third kappa shape index (κ3) is 4.43. The van der Waals surface area contributed by atoms with Crippen LogP contribution in [0.5, 0.6) is 5.75 Å². The van der Waals surface area contributed by atoms with Crippen LogP contribution in [0.15, 0.2) is 28.9 Å². The number of sulfonamides is 1. The van der Waals surface area contributed by atoms with Gasteiger partial charge in [0.1, 0.15) is 11.5 Å². The second-order valence-corrected chi connectivity index (χ2v) is 10.8. The van der Waals surface area contributed by atoms with Crippen molar-refractivity contribution >= 4 is 49.9 Å². The molecule has 4 N–H and O–H groups in total. The molecule has 2 aromatic rings. The van der Waals surface area contributed by atoms with Gasteiger partial charge in [-0.15, -0.1) is 20.1 Å². The number of aryl methyl sites for hydroxylation is 2. The van der Waals surface area contributed by atoms with Crippen LogP contribution in [0.3, 0.4) is 0 Å². The van der Waals surface area contributed by atoms with E-state index in [9.17, 15) is 17.7 Å². The van der Waals surface area contributed by atoms with Gasteiger partial charge in [0, 0.05) is 5.38 Å². The number of rotatable bonds is 6. The van der Waals surface area contributed by atoms with Crippen molar-refractivity contribution in [2.45, 2.75) is 37.9 Å². The number of anilines is 1. The highest BCUT2D eigenvalue weighted by atomic mass is 32.2. The van der Waals surface area contributed by atoms with Crippen LogP contribution in [0.1, 0.15) is 37.0 Å². The van der Waals surface area contributed by atoms with Crippen LogP contribution >= 0.6 is 11.3 Å². The number of furan rings is 1. The molecule has 164 valence electrons. The minimum Gasteiger partial charge on any atom is -0.504 e. The summed E-state index contributed by atoms with van der Waals surface area (Å²) in [4.78, 5) is 0. The summed E-state index contributed by atoms with van der Waals surface area (Å²) >= 11 is -1.00. The maximum Gasteiger partial charge on any atom is 0.269 e. The minimum atomic E-state index is -3.81. The Morgan fingerprint density at radius 1 is 1.23 bits per heavy atom. The third-order valence-electron chi connectivity index (χ3n) is 4.51.